The Balaban J connectivity index is 0.000000806. The van der Waals surface area contributed by atoms with Crippen LogP contribution < -0.4 is 147 Å². The van der Waals surface area contributed by atoms with Gasteiger partial charge < -0.3 is 141 Å². The van der Waals surface area contributed by atoms with Crippen molar-refractivity contribution >= 4 is 125 Å². The number of hydrogen-bond donors (Lipinski definition) is 29. The Morgan fingerprint density at radius 3 is 0.972 bits per heavy atom. The van der Waals surface area contributed by atoms with Crippen molar-refractivity contribution in [1.29, 1.82) is 16.2 Å². The van der Waals surface area contributed by atoms with E-state index in [2.05, 4.69) is 111 Å². The van der Waals surface area contributed by atoms with Gasteiger partial charge in [-0.1, -0.05) is 192 Å². The second-order valence-electron chi connectivity index (χ2n) is 37.7. The summed E-state index contributed by atoms with van der Waals surface area (Å²) in [4.78, 5) is 75.2. The lowest BCUT2D eigenvalue weighted by molar-refractivity contribution is 0.356. The minimum absolute atomic E-state index is 0.0325. The standard InChI is InChI=1S/C11H23N5.4C10H21N5.4C9H19N5.C8H11N5/c1-16(2)11(13)15-10(12)14-8-9-6-4-3-5-7-9;1-15(2)10(12)14-9(11)13-8-6-4-3-5-7-8;1-13-9(11)15-10(12)14-7-8-5-3-2-4-6-8;1-15(9(11)12)10(13)14-7-8-5-3-2-4-6-8;1-13-10(15-9(11)12)14-7-8-5-3-2-4-6-8;1-12-8(10)14-9(11)13-7-5-3-2-4-6-7;1-14(8(10)11)9(12)13-7-5-3-2-4-6-7;1-12-9(14-8(10)11)13-7-5-3-2-4-6-7;10-8(11)14-9(12)13-6-7-4-2-1-3-5-7;9-7(10)13-8(11)12-6-4-2-1-3-5-6/h9H,3-8H2,1-2H3,(H4,12,13,14,15);8H,3-7H2,1-2H3,(H4,11,12,13,14);8H,2-7H2,1H3,(H5,11,12,13,14,15);8H,2-7H2,1H3,(H3,11,12)(H2,13,14);8H,2-7H2,1H3,(H5,11,12,13,14,15);7H,2-6H2,1H3,(H5,10,11,12,13,14);7H,2-6H2,1H3,(H3,10,11)(H2,12,13);7H,2-6H2,1H3,(H5,10,11,12,13,14);7H,1-6H2,(H6,10,11,12,13,14);1-5H,(H6,9,10,11,12,13). The van der Waals surface area contributed by atoms with E-state index in [1.165, 1.54) is 247 Å². The van der Waals surface area contributed by atoms with Gasteiger partial charge in [0.25, 0.3) is 0 Å². The highest BCUT2D eigenvalue weighted by molar-refractivity contribution is 6.00. The average Bonchev–Trinajstić information content (AvgIpc) is 0.908. The van der Waals surface area contributed by atoms with Gasteiger partial charge in [-0.15, -0.1) is 0 Å². The number of hydrogen-bond acceptors (Lipinski definition) is 15. The molecule has 0 amide bonds. The molecule has 50 heteroatoms. The summed E-state index contributed by atoms with van der Waals surface area (Å²) in [7, 11) is 17.3. The number of aliphatic imine (C=N–C) groups is 17. The fourth-order valence-corrected chi connectivity index (χ4v) is 16.5. The third-order valence-corrected chi connectivity index (χ3v) is 25.0. The molecule has 10 rings (SSSR count). The number of rotatable bonds is 15. The highest BCUT2D eigenvalue weighted by atomic mass is 15.3. The van der Waals surface area contributed by atoms with Crippen LogP contribution in [-0.2, 0) is 0 Å². The molecule has 0 aromatic heterocycles. The van der Waals surface area contributed by atoms with Gasteiger partial charge in [-0.25, -0.2) is 25.0 Å². The van der Waals surface area contributed by atoms with Crippen LogP contribution in [0.25, 0.3) is 0 Å². The van der Waals surface area contributed by atoms with Crippen molar-refractivity contribution in [2.45, 2.75) is 313 Å². The van der Waals surface area contributed by atoms with Gasteiger partial charge >= 0.3 is 0 Å². The first-order valence-corrected chi connectivity index (χ1v) is 51.8. The maximum Gasteiger partial charge on any atom is 0.223 e. The lowest BCUT2D eigenvalue weighted by Crippen LogP contribution is -2.45. The van der Waals surface area contributed by atoms with E-state index in [4.69, 9.17) is 137 Å². The van der Waals surface area contributed by atoms with E-state index in [1.807, 2.05) is 46.4 Å². The Kier molecular flexibility index (Phi) is 71.5. The molecule has 9 aliphatic carbocycles. The van der Waals surface area contributed by atoms with Gasteiger partial charge in [0, 0.05) is 103 Å². The molecule has 0 heterocycles. The molecule has 0 radical (unpaired) electrons. The molecule has 0 bridgehead atoms. The summed E-state index contributed by atoms with van der Waals surface area (Å²) in [5, 5.41) is 35.7. The van der Waals surface area contributed by atoms with Gasteiger partial charge in [0.1, 0.15) is 0 Å². The minimum Gasteiger partial charge on any atom is -0.370 e. The van der Waals surface area contributed by atoms with Crippen LogP contribution in [0.15, 0.2) is 115 Å². The van der Waals surface area contributed by atoms with E-state index in [0.717, 1.165) is 90.0 Å². The first-order chi connectivity index (χ1) is 69.1. The topological polar surface area (TPSA) is 901 Å². The fourth-order valence-electron chi connectivity index (χ4n) is 16.5. The summed E-state index contributed by atoms with van der Waals surface area (Å²) in [6.07, 6.45) is 56.9. The van der Waals surface area contributed by atoms with Crippen molar-refractivity contribution in [1.82, 2.24) is 46.2 Å². The summed E-state index contributed by atoms with van der Waals surface area (Å²) in [6, 6.07) is 10.6. The largest absolute Gasteiger partial charge is 0.370 e. The molecule has 0 aliphatic heterocycles. The molecule has 50 N–H and O–H groups in total. The highest BCUT2D eigenvalue weighted by Gasteiger charge is 2.22. The summed E-state index contributed by atoms with van der Waals surface area (Å²) < 4.78 is 0. The molecule has 145 heavy (non-hydrogen) atoms. The summed E-state index contributed by atoms with van der Waals surface area (Å²) in [5.74, 6) is 7.94. The van der Waals surface area contributed by atoms with Crippen LogP contribution in [0, 0.1) is 45.8 Å². The van der Waals surface area contributed by atoms with Crippen molar-refractivity contribution in [2.24, 2.45) is 235 Å². The zero-order chi connectivity index (χ0) is 108. The third kappa shape index (κ3) is 70.1. The Labute approximate surface area is 864 Å². The lowest BCUT2D eigenvalue weighted by Gasteiger charge is -2.22. The smallest absolute Gasteiger partial charge is 0.223 e. The molecule has 9 fully saturated rings. The second-order valence-corrected chi connectivity index (χ2v) is 37.7. The van der Waals surface area contributed by atoms with E-state index in [0.29, 0.717) is 119 Å². The van der Waals surface area contributed by atoms with Crippen LogP contribution in [0.5, 0.6) is 0 Å². The molecule has 1 aromatic carbocycles. The normalized spacial score (nSPS) is 18.9. The van der Waals surface area contributed by atoms with Crippen molar-refractivity contribution in [3.8, 4) is 0 Å². The van der Waals surface area contributed by atoms with Crippen LogP contribution in [-0.4, -0.2) is 266 Å². The minimum atomic E-state index is -0.0998. The van der Waals surface area contributed by atoms with Crippen LogP contribution in [0.4, 0.5) is 5.69 Å². The van der Waals surface area contributed by atoms with Crippen LogP contribution in [0.2, 0.25) is 0 Å². The second kappa shape index (κ2) is 80.0. The maximum absolute atomic E-state index is 7.20. The van der Waals surface area contributed by atoms with Crippen molar-refractivity contribution in [3.63, 3.8) is 0 Å². The van der Waals surface area contributed by atoms with Gasteiger partial charge in [-0.2, -0.15) is 25.0 Å². The Bertz CT molecular complexity index is 4220. The number of nitrogens with two attached hydrogens (primary N) is 21. The van der Waals surface area contributed by atoms with Crippen molar-refractivity contribution in [2.75, 3.05) is 103 Å². The molecule has 1 aromatic rings. The zero-order valence-electron chi connectivity index (χ0n) is 89.5. The van der Waals surface area contributed by atoms with Crippen LogP contribution >= 0.6 is 0 Å². The highest BCUT2D eigenvalue weighted by Crippen LogP contribution is 2.29. The molecule has 0 saturated heterocycles. The summed E-state index contributed by atoms with van der Waals surface area (Å²) in [5.41, 5.74) is 115. The van der Waals surface area contributed by atoms with Gasteiger partial charge in [-0.05, 0) is 157 Å². The van der Waals surface area contributed by atoms with Crippen LogP contribution in [0.1, 0.15) is 289 Å². The SMILES string of the molecule is CN(C(=N)N)C(N)=NC1CCCCC1.CN(C(=N)N)C(N)=NCC1CCCCC1.CN(C)C(N)=NC(N)=NC1CCCCC1.CN(C)C(N)=NC(N)=NCC1CCCCC1.CN=C(N)NC(N)=NC1CCCCC1.CN=C(N)NC(N)=NCC1CCCCC1.CN=C(NCC1CCCCC1)NC(=N)N.CNC(N=C(N)N)=NC1CCCCC1.NC(N)=NC(N)=NCC1CCCCC1.NC(N)=NC(N)=Nc1ccccc1. The van der Waals surface area contributed by atoms with Gasteiger partial charge in [-0.3, -0.25) is 76.9 Å². The molecule has 0 unspecified atom stereocenters. The third-order valence-electron chi connectivity index (χ3n) is 25.0. The summed E-state index contributed by atoms with van der Waals surface area (Å²) in [6.45, 7) is 4.03. The molecule has 9 aliphatic rings. The quantitative estimate of drug-likeness (QED) is 0.0875. The molecular weight excluding hydrogens is 1840 g/mol. The maximum atomic E-state index is 7.20. The average molecular weight is 2040 g/mol. The van der Waals surface area contributed by atoms with Crippen molar-refractivity contribution < 1.29 is 0 Å². The van der Waals surface area contributed by atoms with Gasteiger partial charge in [0.15, 0.2) is 89.4 Å². The molecule has 50 nitrogen and oxygen atoms in total. The molecular formula is C95H194N50. The first-order valence-electron chi connectivity index (χ1n) is 51.8. The van der Waals surface area contributed by atoms with E-state index in [1.54, 1.807) is 64.2 Å². The Hall–Kier alpha value is -13.4. The summed E-state index contributed by atoms with van der Waals surface area (Å²) >= 11 is 0. The van der Waals surface area contributed by atoms with E-state index in [9.17, 15) is 0 Å². The fraction of sp³-hybridized carbons (Fsp3) is 0.726. The van der Waals surface area contributed by atoms with E-state index >= 15 is 0 Å². The predicted molar refractivity (Wildman–Crippen MR) is 611 cm³/mol. The zero-order valence-corrected chi connectivity index (χ0v) is 89.5. The van der Waals surface area contributed by atoms with Crippen LogP contribution in [0.3, 0.4) is 0 Å². The molecule has 9 saturated carbocycles. The molecule has 0 atom stereocenters. The number of guanidine groups is 20. The van der Waals surface area contributed by atoms with Gasteiger partial charge in [0.2, 0.25) is 29.8 Å². The number of nitrogens with zero attached hydrogens (tertiary/aromatic N) is 21. The first kappa shape index (κ1) is 130. The lowest BCUT2D eigenvalue weighted by atomic mass is 9.89. The monoisotopic (exact) mass is 2040 g/mol. The number of benzene rings is 1. The molecule has 824 valence electrons. The van der Waals surface area contributed by atoms with E-state index < -0.39 is 0 Å². The van der Waals surface area contributed by atoms with Gasteiger partial charge in [0.05, 0.1) is 29.9 Å². The predicted octanol–water partition coefficient (Wildman–Crippen LogP) is 3.87. The number of para-hydroxylation sites is 1. The number of nitrogens with one attached hydrogen (secondary N) is 8. The Morgan fingerprint density at radius 1 is 0.303 bits per heavy atom. The Morgan fingerprint density at radius 2 is 0.621 bits per heavy atom. The molecule has 0 spiro atoms. The van der Waals surface area contributed by atoms with E-state index in [-0.39, 0.29) is 53.6 Å². The van der Waals surface area contributed by atoms with Crippen molar-refractivity contribution in [3.05, 3.63) is 30.3 Å².